The van der Waals surface area contributed by atoms with Gasteiger partial charge in [-0.2, -0.15) is 8.78 Å². The van der Waals surface area contributed by atoms with Crippen molar-refractivity contribution in [3.63, 3.8) is 0 Å². The number of rotatable bonds is 8. The van der Waals surface area contributed by atoms with E-state index in [4.69, 9.17) is 9.15 Å². The van der Waals surface area contributed by atoms with E-state index in [0.717, 1.165) is 16.7 Å². The van der Waals surface area contributed by atoms with Crippen LogP contribution in [0.25, 0.3) is 11.1 Å². The Hall–Kier alpha value is -3.74. The van der Waals surface area contributed by atoms with Crippen molar-refractivity contribution in [2.24, 2.45) is 0 Å². The van der Waals surface area contributed by atoms with Gasteiger partial charge in [-0.05, 0) is 18.2 Å². The second-order valence-electron chi connectivity index (χ2n) is 5.95. The predicted molar refractivity (Wildman–Crippen MR) is 105 cm³/mol. The molecule has 3 rings (SSSR count). The van der Waals surface area contributed by atoms with Gasteiger partial charge < -0.3 is 14.5 Å². The van der Waals surface area contributed by atoms with E-state index in [1.165, 1.54) is 30.3 Å². The summed E-state index contributed by atoms with van der Waals surface area (Å²) in [6, 6.07) is 9.32. The van der Waals surface area contributed by atoms with Crippen LogP contribution >= 0.6 is 11.8 Å². The average molecular weight is 453 g/mol. The molecule has 1 aromatic heterocycles. The van der Waals surface area contributed by atoms with Crippen molar-refractivity contribution in [1.82, 2.24) is 4.57 Å². The zero-order chi connectivity index (χ0) is 22.5. The summed E-state index contributed by atoms with van der Waals surface area (Å²) in [6.45, 7) is -1.32. The number of amides is 1. The fourth-order valence-electron chi connectivity index (χ4n) is 2.59. The van der Waals surface area contributed by atoms with Gasteiger partial charge in [-0.25, -0.2) is 4.79 Å². The first kappa shape index (κ1) is 22.0. The number of fused-ring (bicyclic) bond motifs is 1. The van der Waals surface area contributed by atoms with E-state index in [9.17, 15) is 33.3 Å². The first-order valence-electron chi connectivity index (χ1n) is 8.51. The Bertz CT molecular complexity index is 1210. The van der Waals surface area contributed by atoms with E-state index in [1.54, 1.807) is 0 Å². The number of hydrogen-bond acceptors (Lipinski definition) is 8. The topological polar surface area (TPSA) is 134 Å². The molecule has 0 aliphatic carbocycles. The molecule has 0 aliphatic rings. The minimum absolute atomic E-state index is 0.0853. The van der Waals surface area contributed by atoms with Crippen LogP contribution in [-0.4, -0.2) is 33.7 Å². The highest BCUT2D eigenvalue weighted by molar-refractivity contribution is 7.99. The lowest BCUT2D eigenvalue weighted by atomic mass is 10.3. The Morgan fingerprint density at radius 1 is 1.26 bits per heavy atom. The standard InChI is InChI=1S/C18H13F2N3O7S/c19-17(20)31-14-4-2-1-3-11(14)21-15(24)9-29-16(25)8-22-12-6-5-10(23(27)28)7-13(12)30-18(22)26/h1-7,17H,8-9H2,(H,21,24). The Morgan fingerprint density at radius 2 is 2.00 bits per heavy atom. The van der Waals surface area contributed by atoms with E-state index in [1.807, 2.05) is 0 Å². The summed E-state index contributed by atoms with van der Waals surface area (Å²) in [5.41, 5.74) is -0.113. The fourth-order valence-corrected chi connectivity index (χ4v) is 3.19. The van der Waals surface area contributed by atoms with Gasteiger partial charge in [0.25, 0.3) is 17.4 Å². The average Bonchev–Trinajstić information content (AvgIpc) is 3.02. The third-order valence-electron chi connectivity index (χ3n) is 3.89. The van der Waals surface area contributed by atoms with Gasteiger partial charge in [-0.3, -0.25) is 24.3 Å². The zero-order valence-electron chi connectivity index (χ0n) is 15.4. The molecule has 3 aromatic rings. The van der Waals surface area contributed by atoms with E-state index in [2.05, 4.69) is 5.32 Å². The molecule has 0 atom stereocenters. The molecule has 1 amide bonds. The van der Waals surface area contributed by atoms with Crippen LogP contribution in [-0.2, 0) is 20.9 Å². The van der Waals surface area contributed by atoms with Crippen molar-refractivity contribution < 1.29 is 32.4 Å². The third-order valence-corrected chi connectivity index (χ3v) is 4.68. The Kier molecular flexibility index (Phi) is 6.65. The van der Waals surface area contributed by atoms with Gasteiger partial charge >= 0.3 is 11.7 Å². The molecule has 0 saturated carbocycles. The van der Waals surface area contributed by atoms with E-state index >= 15 is 0 Å². The van der Waals surface area contributed by atoms with E-state index < -0.39 is 41.5 Å². The number of benzene rings is 2. The number of ether oxygens (including phenoxy) is 1. The molecule has 162 valence electrons. The van der Waals surface area contributed by atoms with Gasteiger partial charge in [0.05, 0.1) is 22.2 Å². The first-order valence-corrected chi connectivity index (χ1v) is 9.39. The van der Waals surface area contributed by atoms with E-state index in [-0.39, 0.29) is 39.1 Å². The molecule has 0 spiro atoms. The van der Waals surface area contributed by atoms with Gasteiger partial charge in [-0.15, -0.1) is 0 Å². The van der Waals surface area contributed by atoms with Crippen molar-refractivity contribution in [3.05, 3.63) is 63.1 Å². The summed E-state index contributed by atoms with van der Waals surface area (Å²) < 4.78 is 35.8. The first-order chi connectivity index (χ1) is 14.7. The summed E-state index contributed by atoms with van der Waals surface area (Å²) >= 11 is 0.253. The Morgan fingerprint density at radius 3 is 2.71 bits per heavy atom. The molecule has 10 nitrogen and oxygen atoms in total. The fraction of sp³-hybridized carbons (Fsp3) is 0.167. The molecule has 1 N–H and O–H groups in total. The van der Waals surface area contributed by atoms with Crippen LogP contribution in [0.4, 0.5) is 20.2 Å². The number of esters is 1. The number of alkyl halides is 2. The van der Waals surface area contributed by atoms with Crippen LogP contribution in [0.15, 0.2) is 56.6 Å². The van der Waals surface area contributed by atoms with Crippen LogP contribution in [0.5, 0.6) is 0 Å². The number of nitrogens with zero attached hydrogens (tertiary/aromatic N) is 2. The maximum absolute atomic E-state index is 12.6. The summed E-state index contributed by atoms with van der Waals surface area (Å²) in [7, 11) is 0. The number of hydrogen-bond donors (Lipinski definition) is 1. The molecular weight excluding hydrogens is 440 g/mol. The maximum atomic E-state index is 12.6. The molecule has 31 heavy (non-hydrogen) atoms. The van der Waals surface area contributed by atoms with Crippen LogP contribution in [0.3, 0.4) is 0 Å². The number of carbonyl (C=O) groups is 2. The zero-order valence-corrected chi connectivity index (χ0v) is 16.3. The van der Waals surface area contributed by atoms with Gasteiger partial charge in [-0.1, -0.05) is 23.9 Å². The Labute approximate surface area is 175 Å². The minimum atomic E-state index is -2.68. The number of non-ortho nitro benzene ring substituents is 1. The number of nitrogens with one attached hydrogen (secondary N) is 1. The van der Waals surface area contributed by atoms with Crippen molar-refractivity contribution in [1.29, 1.82) is 0 Å². The lowest BCUT2D eigenvalue weighted by molar-refractivity contribution is -0.384. The maximum Gasteiger partial charge on any atom is 0.420 e. The lowest BCUT2D eigenvalue weighted by Crippen LogP contribution is -2.26. The summed E-state index contributed by atoms with van der Waals surface area (Å²) in [5, 5.41) is 13.2. The molecule has 2 aromatic carbocycles. The molecular formula is C18H13F2N3O7S. The summed E-state index contributed by atoms with van der Waals surface area (Å²) in [5.74, 6) is -5.33. The molecule has 0 unspecified atom stereocenters. The largest absolute Gasteiger partial charge is 0.454 e. The van der Waals surface area contributed by atoms with Crippen molar-refractivity contribution in [2.75, 3.05) is 11.9 Å². The van der Waals surface area contributed by atoms with Gasteiger partial charge in [0.1, 0.15) is 6.54 Å². The highest BCUT2D eigenvalue weighted by Gasteiger charge is 2.18. The van der Waals surface area contributed by atoms with Crippen molar-refractivity contribution in [3.8, 4) is 0 Å². The highest BCUT2D eigenvalue weighted by atomic mass is 32.2. The monoisotopic (exact) mass is 453 g/mol. The molecule has 0 bridgehead atoms. The number of nitro groups is 1. The summed E-state index contributed by atoms with van der Waals surface area (Å²) in [6.07, 6.45) is 0. The Balaban J connectivity index is 1.62. The number of thioether (sulfide) groups is 1. The second kappa shape index (κ2) is 9.38. The molecule has 0 radical (unpaired) electrons. The molecule has 0 aliphatic heterocycles. The van der Waals surface area contributed by atoms with Crippen molar-refractivity contribution in [2.45, 2.75) is 17.2 Å². The van der Waals surface area contributed by atoms with Gasteiger partial charge in [0.2, 0.25) is 0 Å². The predicted octanol–water partition coefficient (Wildman–Crippen LogP) is 3.00. The number of anilines is 1. The SMILES string of the molecule is O=C(COC(=O)Cn1c(=O)oc2cc([N+](=O)[O-])ccc21)Nc1ccccc1SC(F)F. The number of oxazole rings is 1. The van der Waals surface area contributed by atoms with Crippen LogP contribution in [0.1, 0.15) is 0 Å². The summed E-state index contributed by atoms with van der Waals surface area (Å²) in [4.78, 5) is 46.2. The lowest BCUT2D eigenvalue weighted by Gasteiger charge is -2.10. The number of nitro benzene ring substituents is 1. The van der Waals surface area contributed by atoms with Crippen LogP contribution in [0.2, 0.25) is 0 Å². The smallest absolute Gasteiger partial charge is 0.420 e. The number of halogens is 2. The third kappa shape index (κ3) is 5.45. The second-order valence-corrected chi connectivity index (χ2v) is 6.98. The van der Waals surface area contributed by atoms with Crippen molar-refractivity contribution >= 4 is 46.1 Å². The highest BCUT2D eigenvalue weighted by Crippen LogP contribution is 2.31. The molecule has 0 fully saturated rings. The normalized spacial score (nSPS) is 10.9. The van der Waals surface area contributed by atoms with Gasteiger partial charge in [0.15, 0.2) is 12.2 Å². The number of carbonyl (C=O) groups excluding carboxylic acids is 2. The van der Waals surface area contributed by atoms with E-state index in [0.29, 0.717) is 0 Å². The number of aromatic nitrogens is 1. The quantitative estimate of drug-likeness (QED) is 0.238. The molecule has 1 heterocycles. The number of para-hydroxylation sites is 1. The molecule has 13 heteroatoms. The van der Waals surface area contributed by atoms with Crippen LogP contribution < -0.4 is 11.1 Å². The van der Waals surface area contributed by atoms with Crippen LogP contribution in [0, 0.1) is 10.1 Å². The molecule has 0 saturated heterocycles. The van der Waals surface area contributed by atoms with Gasteiger partial charge in [0, 0.05) is 11.0 Å². The minimum Gasteiger partial charge on any atom is -0.454 e.